The summed E-state index contributed by atoms with van der Waals surface area (Å²) in [7, 11) is 0. The molecule has 0 saturated heterocycles. The summed E-state index contributed by atoms with van der Waals surface area (Å²) in [6, 6.07) is 0.856. The topological polar surface area (TPSA) is 12.0 Å². The molecule has 0 aromatic heterocycles. The van der Waals surface area contributed by atoms with Crippen molar-refractivity contribution in [2.75, 3.05) is 6.54 Å². The second kappa shape index (κ2) is 7.53. The highest BCUT2D eigenvalue weighted by Crippen LogP contribution is 2.57. The van der Waals surface area contributed by atoms with Gasteiger partial charge in [-0.1, -0.05) is 52.4 Å². The van der Waals surface area contributed by atoms with Crippen LogP contribution in [0.25, 0.3) is 0 Å². The molecule has 1 N–H and O–H groups in total. The van der Waals surface area contributed by atoms with E-state index in [9.17, 15) is 0 Å². The molecule has 2 aliphatic rings. The summed E-state index contributed by atoms with van der Waals surface area (Å²) >= 11 is 0. The van der Waals surface area contributed by atoms with Crippen molar-refractivity contribution in [2.45, 2.75) is 84.1 Å². The fraction of sp³-hybridized carbons (Fsp3) is 1.00. The van der Waals surface area contributed by atoms with E-state index in [0.29, 0.717) is 0 Å². The zero-order valence-corrected chi connectivity index (χ0v) is 12.6. The summed E-state index contributed by atoms with van der Waals surface area (Å²) in [5.74, 6) is 3.28. The van der Waals surface area contributed by atoms with Crippen LogP contribution in [0.1, 0.15) is 78.1 Å². The summed E-state index contributed by atoms with van der Waals surface area (Å²) in [5.41, 5.74) is 0. The number of rotatable bonds is 9. The number of fused-ring (bicyclic) bond motifs is 1. The molecule has 0 heterocycles. The third-order valence-corrected chi connectivity index (χ3v) is 5.21. The monoisotopic (exact) mass is 251 g/mol. The quantitative estimate of drug-likeness (QED) is 0.583. The normalized spacial score (nSPS) is 32.0. The number of hydrogen-bond acceptors (Lipinski definition) is 1. The predicted octanol–water partition coefficient (Wildman–Crippen LogP) is 4.76. The van der Waals surface area contributed by atoms with E-state index in [1.165, 1.54) is 70.8 Å². The first-order valence-corrected chi connectivity index (χ1v) is 8.61. The Labute approximate surface area is 114 Å². The van der Waals surface area contributed by atoms with Gasteiger partial charge in [0.2, 0.25) is 0 Å². The van der Waals surface area contributed by atoms with Crippen molar-refractivity contribution in [3.8, 4) is 0 Å². The fourth-order valence-electron chi connectivity index (χ4n) is 4.20. The largest absolute Gasteiger partial charge is 0.314 e. The molecule has 0 spiro atoms. The van der Waals surface area contributed by atoms with Gasteiger partial charge < -0.3 is 5.32 Å². The van der Waals surface area contributed by atoms with Crippen molar-refractivity contribution in [3.63, 3.8) is 0 Å². The molecule has 3 unspecified atom stereocenters. The minimum absolute atomic E-state index is 0.856. The maximum Gasteiger partial charge on any atom is 0.0101 e. The van der Waals surface area contributed by atoms with E-state index in [1.807, 2.05) is 0 Å². The highest BCUT2D eigenvalue weighted by molar-refractivity contribution is 5.04. The second-order valence-corrected chi connectivity index (χ2v) is 6.60. The van der Waals surface area contributed by atoms with Crippen molar-refractivity contribution >= 4 is 0 Å². The lowest BCUT2D eigenvalue weighted by Crippen LogP contribution is -2.32. The van der Waals surface area contributed by atoms with Gasteiger partial charge in [0.1, 0.15) is 0 Å². The van der Waals surface area contributed by atoms with E-state index >= 15 is 0 Å². The third-order valence-electron chi connectivity index (χ3n) is 5.21. The summed E-state index contributed by atoms with van der Waals surface area (Å²) in [5, 5.41) is 3.86. The van der Waals surface area contributed by atoms with Gasteiger partial charge >= 0.3 is 0 Å². The first-order chi connectivity index (χ1) is 8.88. The molecule has 0 aliphatic heterocycles. The van der Waals surface area contributed by atoms with E-state index in [2.05, 4.69) is 19.2 Å². The average molecular weight is 251 g/mol. The molecule has 0 radical (unpaired) electrons. The smallest absolute Gasteiger partial charge is 0.0101 e. The lowest BCUT2D eigenvalue weighted by atomic mass is 10.0. The van der Waals surface area contributed by atoms with Crippen molar-refractivity contribution in [1.29, 1.82) is 0 Å². The Balaban J connectivity index is 1.74. The van der Waals surface area contributed by atoms with E-state index in [4.69, 9.17) is 0 Å². The zero-order valence-electron chi connectivity index (χ0n) is 12.6. The van der Waals surface area contributed by atoms with Crippen LogP contribution < -0.4 is 5.32 Å². The standard InChI is InChI=1S/C17H33N/c1-3-5-6-7-12-16(18-13-4-2)17-14-10-8-9-11-15(14)17/h14-18H,3-13H2,1-2H3. The van der Waals surface area contributed by atoms with E-state index < -0.39 is 0 Å². The van der Waals surface area contributed by atoms with Gasteiger partial charge in [-0.15, -0.1) is 0 Å². The van der Waals surface area contributed by atoms with Crippen molar-refractivity contribution < 1.29 is 0 Å². The average Bonchev–Trinajstić information content (AvgIpc) is 3.12. The number of nitrogens with one attached hydrogen (secondary N) is 1. The molecule has 0 amide bonds. The van der Waals surface area contributed by atoms with Crippen molar-refractivity contribution in [3.05, 3.63) is 0 Å². The van der Waals surface area contributed by atoms with Gasteiger partial charge in [-0.25, -0.2) is 0 Å². The van der Waals surface area contributed by atoms with Crippen LogP contribution in [-0.2, 0) is 0 Å². The summed E-state index contributed by atoms with van der Waals surface area (Å²) in [4.78, 5) is 0. The minimum Gasteiger partial charge on any atom is -0.314 e. The number of unbranched alkanes of at least 4 members (excludes halogenated alkanes) is 3. The molecular weight excluding hydrogens is 218 g/mol. The molecule has 3 atom stereocenters. The van der Waals surface area contributed by atoms with Gasteiger partial charge in [0, 0.05) is 6.04 Å². The van der Waals surface area contributed by atoms with Gasteiger partial charge in [-0.3, -0.25) is 0 Å². The Morgan fingerprint density at radius 1 is 0.944 bits per heavy atom. The van der Waals surface area contributed by atoms with Crippen LogP contribution in [0.15, 0.2) is 0 Å². The molecule has 2 rings (SSSR count). The SMILES string of the molecule is CCCCCCC(NCCC)C1C2CCCCC21. The minimum atomic E-state index is 0.856. The van der Waals surface area contributed by atoms with E-state index in [0.717, 1.165) is 23.8 Å². The Hall–Kier alpha value is -0.0400. The van der Waals surface area contributed by atoms with Gasteiger partial charge in [-0.05, 0) is 50.0 Å². The molecule has 1 heteroatoms. The Kier molecular flexibility index (Phi) is 6.01. The van der Waals surface area contributed by atoms with Crippen LogP contribution in [0.4, 0.5) is 0 Å². The van der Waals surface area contributed by atoms with E-state index in [-0.39, 0.29) is 0 Å². The highest BCUT2D eigenvalue weighted by Gasteiger charge is 2.53. The summed E-state index contributed by atoms with van der Waals surface area (Å²) < 4.78 is 0. The van der Waals surface area contributed by atoms with Crippen LogP contribution in [0.5, 0.6) is 0 Å². The van der Waals surface area contributed by atoms with Crippen LogP contribution in [0.2, 0.25) is 0 Å². The van der Waals surface area contributed by atoms with Gasteiger partial charge in [0.25, 0.3) is 0 Å². The molecule has 0 bridgehead atoms. The molecule has 2 fully saturated rings. The third kappa shape index (κ3) is 3.73. The highest BCUT2D eigenvalue weighted by atomic mass is 14.9. The first-order valence-electron chi connectivity index (χ1n) is 8.61. The van der Waals surface area contributed by atoms with Crippen LogP contribution in [0, 0.1) is 17.8 Å². The van der Waals surface area contributed by atoms with Gasteiger partial charge in [0.15, 0.2) is 0 Å². The molecule has 2 saturated carbocycles. The Morgan fingerprint density at radius 2 is 1.67 bits per heavy atom. The Morgan fingerprint density at radius 3 is 2.28 bits per heavy atom. The van der Waals surface area contributed by atoms with Crippen LogP contribution in [0.3, 0.4) is 0 Å². The Bertz CT molecular complexity index is 214. The summed E-state index contributed by atoms with van der Waals surface area (Å²) in [6.45, 7) is 5.83. The number of hydrogen-bond donors (Lipinski definition) is 1. The van der Waals surface area contributed by atoms with Gasteiger partial charge in [0.05, 0.1) is 0 Å². The molecular formula is C17H33N. The van der Waals surface area contributed by atoms with Crippen LogP contribution in [-0.4, -0.2) is 12.6 Å². The lowest BCUT2D eigenvalue weighted by Gasteiger charge is -2.19. The summed E-state index contributed by atoms with van der Waals surface area (Å²) in [6.07, 6.45) is 14.5. The van der Waals surface area contributed by atoms with Crippen molar-refractivity contribution in [1.82, 2.24) is 5.32 Å². The maximum atomic E-state index is 3.86. The second-order valence-electron chi connectivity index (χ2n) is 6.60. The predicted molar refractivity (Wildman–Crippen MR) is 79.8 cm³/mol. The maximum absolute atomic E-state index is 3.86. The van der Waals surface area contributed by atoms with Crippen molar-refractivity contribution in [2.24, 2.45) is 17.8 Å². The molecule has 0 aromatic rings. The fourth-order valence-corrected chi connectivity index (χ4v) is 4.20. The molecule has 2 aliphatic carbocycles. The molecule has 106 valence electrons. The molecule has 0 aromatic carbocycles. The lowest BCUT2D eigenvalue weighted by molar-refractivity contribution is 0.391. The van der Waals surface area contributed by atoms with Gasteiger partial charge in [-0.2, -0.15) is 0 Å². The van der Waals surface area contributed by atoms with Crippen LogP contribution >= 0.6 is 0 Å². The molecule has 18 heavy (non-hydrogen) atoms. The van der Waals surface area contributed by atoms with E-state index in [1.54, 1.807) is 0 Å². The molecule has 1 nitrogen and oxygen atoms in total. The first kappa shape index (κ1) is 14.4. The zero-order chi connectivity index (χ0) is 12.8.